The molecule has 146 valence electrons. The van der Waals surface area contributed by atoms with Crippen molar-refractivity contribution in [3.8, 4) is 0 Å². The molecule has 1 aliphatic heterocycles. The lowest BCUT2D eigenvalue weighted by Gasteiger charge is -2.24. The van der Waals surface area contributed by atoms with Crippen LogP contribution in [0.3, 0.4) is 0 Å². The molecule has 4 rings (SSSR count). The van der Waals surface area contributed by atoms with E-state index in [1.54, 1.807) is 6.92 Å². The SMILES string of the molecule is CC1(c2cccc3ccccc23)NC(=O)N(CC(=O)NCc2ccccc2)C1=O. The maximum absolute atomic E-state index is 13.2. The zero-order chi connectivity index (χ0) is 20.4. The number of hydrogen-bond acceptors (Lipinski definition) is 3. The second-order valence-electron chi connectivity index (χ2n) is 7.24. The average molecular weight is 387 g/mol. The molecule has 1 unspecified atom stereocenters. The van der Waals surface area contributed by atoms with Crippen molar-refractivity contribution in [1.29, 1.82) is 0 Å². The van der Waals surface area contributed by atoms with Crippen LogP contribution in [0.1, 0.15) is 18.1 Å². The Morgan fingerprint density at radius 2 is 1.66 bits per heavy atom. The lowest BCUT2D eigenvalue weighted by molar-refractivity contribution is -0.134. The molecule has 1 atom stereocenters. The Bertz CT molecular complexity index is 1090. The van der Waals surface area contributed by atoms with E-state index in [0.717, 1.165) is 21.2 Å². The van der Waals surface area contributed by atoms with Gasteiger partial charge in [-0.2, -0.15) is 0 Å². The smallest absolute Gasteiger partial charge is 0.325 e. The van der Waals surface area contributed by atoms with E-state index in [4.69, 9.17) is 0 Å². The van der Waals surface area contributed by atoms with Crippen molar-refractivity contribution < 1.29 is 14.4 Å². The summed E-state index contributed by atoms with van der Waals surface area (Å²) in [6.07, 6.45) is 0. The summed E-state index contributed by atoms with van der Waals surface area (Å²) in [5, 5.41) is 7.40. The van der Waals surface area contributed by atoms with Crippen LogP contribution in [0.4, 0.5) is 4.79 Å². The van der Waals surface area contributed by atoms with E-state index >= 15 is 0 Å². The molecule has 0 aromatic heterocycles. The van der Waals surface area contributed by atoms with Gasteiger partial charge in [0, 0.05) is 6.54 Å². The number of fused-ring (bicyclic) bond motifs is 1. The van der Waals surface area contributed by atoms with Crippen LogP contribution >= 0.6 is 0 Å². The number of rotatable bonds is 5. The van der Waals surface area contributed by atoms with E-state index < -0.39 is 17.5 Å². The molecule has 0 bridgehead atoms. The number of carbonyl (C=O) groups is 3. The highest BCUT2D eigenvalue weighted by molar-refractivity contribution is 6.10. The fourth-order valence-corrected chi connectivity index (χ4v) is 3.68. The summed E-state index contributed by atoms with van der Waals surface area (Å²) in [7, 11) is 0. The Kier molecular flexibility index (Phi) is 4.76. The largest absolute Gasteiger partial charge is 0.350 e. The van der Waals surface area contributed by atoms with E-state index in [1.807, 2.05) is 72.8 Å². The second-order valence-corrected chi connectivity index (χ2v) is 7.24. The zero-order valence-corrected chi connectivity index (χ0v) is 16.0. The third-order valence-electron chi connectivity index (χ3n) is 5.24. The van der Waals surface area contributed by atoms with Gasteiger partial charge in [0.05, 0.1) is 0 Å². The molecular weight excluding hydrogens is 366 g/mol. The standard InChI is InChI=1S/C23H21N3O3/c1-23(19-13-7-11-17-10-5-6-12-18(17)19)21(28)26(22(29)25-23)15-20(27)24-14-16-8-3-2-4-9-16/h2-13H,14-15H2,1H3,(H,24,27)(H,25,29). The van der Waals surface area contributed by atoms with Gasteiger partial charge < -0.3 is 10.6 Å². The van der Waals surface area contributed by atoms with Gasteiger partial charge >= 0.3 is 6.03 Å². The van der Waals surface area contributed by atoms with Gasteiger partial charge in [0.1, 0.15) is 12.1 Å². The fraction of sp³-hybridized carbons (Fsp3) is 0.174. The van der Waals surface area contributed by atoms with Gasteiger partial charge in [0.2, 0.25) is 5.91 Å². The first kappa shape index (κ1) is 18.7. The quantitative estimate of drug-likeness (QED) is 0.661. The van der Waals surface area contributed by atoms with Crippen molar-refractivity contribution in [1.82, 2.24) is 15.5 Å². The number of amides is 4. The number of benzene rings is 3. The van der Waals surface area contributed by atoms with Gasteiger partial charge in [0.25, 0.3) is 5.91 Å². The molecule has 3 aromatic carbocycles. The highest BCUT2D eigenvalue weighted by Crippen LogP contribution is 2.33. The minimum absolute atomic E-state index is 0.322. The number of nitrogens with one attached hydrogen (secondary N) is 2. The second kappa shape index (κ2) is 7.39. The molecule has 1 saturated heterocycles. The normalized spacial score (nSPS) is 18.7. The Morgan fingerprint density at radius 1 is 0.966 bits per heavy atom. The van der Waals surface area contributed by atoms with Gasteiger partial charge in [-0.15, -0.1) is 0 Å². The molecule has 4 amide bonds. The lowest BCUT2D eigenvalue weighted by Crippen LogP contribution is -2.43. The van der Waals surface area contributed by atoms with Crippen molar-refractivity contribution in [3.63, 3.8) is 0 Å². The minimum Gasteiger partial charge on any atom is -0.350 e. The van der Waals surface area contributed by atoms with Crippen LogP contribution in [0.15, 0.2) is 72.8 Å². The molecule has 0 aliphatic carbocycles. The predicted molar refractivity (Wildman–Crippen MR) is 110 cm³/mol. The van der Waals surface area contributed by atoms with E-state index in [9.17, 15) is 14.4 Å². The predicted octanol–water partition coefficient (Wildman–Crippen LogP) is 2.92. The van der Waals surface area contributed by atoms with Gasteiger partial charge in [0.15, 0.2) is 0 Å². The third-order valence-corrected chi connectivity index (χ3v) is 5.24. The summed E-state index contributed by atoms with van der Waals surface area (Å²) in [5.41, 5.74) is 0.428. The number of urea groups is 1. The fourth-order valence-electron chi connectivity index (χ4n) is 3.68. The molecule has 0 saturated carbocycles. The van der Waals surface area contributed by atoms with E-state index in [-0.39, 0.29) is 12.5 Å². The first-order valence-electron chi connectivity index (χ1n) is 9.42. The number of carbonyl (C=O) groups excluding carboxylic acids is 3. The summed E-state index contributed by atoms with van der Waals surface area (Å²) in [5.74, 6) is -0.826. The molecule has 1 fully saturated rings. The summed E-state index contributed by atoms with van der Waals surface area (Å²) in [6, 6.07) is 22.2. The molecule has 0 radical (unpaired) electrons. The molecule has 6 heteroatoms. The van der Waals surface area contributed by atoms with Crippen molar-refractivity contribution in [2.75, 3.05) is 6.54 Å². The maximum atomic E-state index is 13.2. The van der Waals surface area contributed by atoms with Crippen molar-refractivity contribution in [3.05, 3.63) is 83.9 Å². The van der Waals surface area contributed by atoms with Crippen LogP contribution in [-0.4, -0.2) is 29.3 Å². The number of imide groups is 1. The molecule has 0 spiro atoms. The molecule has 6 nitrogen and oxygen atoms in total. The minimum atomic E-state index is -1.22. The average Bonchev–Trinajstić information content (AvgIpc) is 2.96. The Balaban J connectivity index is 1.53. The van der Waals surface area contributed by atoms with Gasteiger partial charge in [-0.1, -0.05) is 72.8 Å². The van der Waals surface area contributed by atoms with Crippen LogP contribution in [0.25, 0.3) is 10.8 Å². The third kappa shape index (κ3) is 3.45. The van der Waals surface area contributed by atoms with Crippen molar-refractivity contribution in [2.24, 2.45) is 0 Å². The monoisotopic (exact) mass is 387 g/mol. The Morgan fingerprint density at radius 3 is 2.45 bits per heavy atom. The topological polar surface area (TPSA) is 78.5 Å². The lowest BCUT2D eigenvalue weighted by atomic mass is 9.88. The summed E-state index contributed by atoms with van der Waals surface area (Å²) in [6.45, 7) is 1.69. The van der Waals surface area contributed by atoms with Gasteiger partial charge in [-0.25, -0.2) is 4.79 Å². The first-order valence-corrected chi connectivity index (χ1v) is 9.42. The van der Waals surface area contributed by atoms with Gasteiger partial charge in [-0.05, 0) is 28.8 Å². The molecule has 1 heterocycles. The van der Waals surface area contributed by atoms with Crippen LogP contribution < -0.4 is 10.6 Å². The maximum Gasteiger partial charge on any atom is 0.325 e. The van der Waals surface area contributed by atoms with Crippen LogP contribution in [-0.2, 0) is 21.7 Å². The first-order chi connectivity index (χ1) is 14.0. The summed E-state index contributed by atoms with van der Waals surface area (Å²) >= 11 is 0. The highest BCUT2D eigenvalue weighted by atomic mass is 16.2. The highest BCUT2D eigenvalue weighted by Gasteiger charge is 2.50. The van der Waals surface area contributed by atoms with Crippen molar-refractivity contribution in [2.45, 2.75) is 19.0 Å². The molecule has 1 aliphatic rings. The molecule has 3 aromatic rings. The van der Waals surface area contributed by atoms with E-state index in [0.29, 0.717) is 12.1 Å². The number of nitrogens with zero attached hydrogens (tertiary/aromatic N) is 1. The van der Waals surface area contributed by atoms with Crippen LogP contribution in [0.5, 0.6) is 0 Å². The number of hydrogen-bond donors (Lipinski definition) is 2. The van der Waals surface area contributed by atoms with Crippen LogP contribution in [0.2, 0.25) is 0 Å². The van der Waals surface area contributed by atoms with Crippen molar-refractivity contribution >= 4 is 28.6 Å². The van der Waals surface area contributed by atoms with E-state index in [1.165, 1.54) is 0 Å². The Hall–Kier alpha value is -3.67. The Labute approximate surface area is 168 Å². The van der Waals surface area contributed by atoms with Gasteiger partial charge in [-0.3, -0.25) is 14.5 Å². The van der Waals surface area contributed by atoms with E-state index in [2.05, 4.69) is 10.6 Å². The van der Waals surface area contributed by atoms with Crippen LogP contribution in [0, 0.1) is 0 Å². The molecule has 29 heavy (non-hydrogen) atoms. The zero-order valence-electron chi connectivity index (χ0n) is 16.0. The summed E-state index contributed by atoms with van der Waals surface area (Å²) in [4.78, 5) is 39.0. The summed E-state index contributed by atoms with van der Waals surface area (Å²) < 4.78 is 0. The molecular formula is C23H21N3O3. The molecule has 2 N–H and O–H groups in total.